The Morgan fingerprint density at radius 3 is 2.52 bits per heavy atom. The van der Waals surface area contributed by atoms with Crippen molar-refractivity contribution in [3.8, 4) is 0 Å². The lowest BCUT2D eigenvalue weighted by Crippen LogP contribution is -2.70. The van der Waals surface area contributed by atoms with Crippen LogP contribution in [0.5, 0.6) is 0 Å². The number of rotatable bonds is 2. The second kappa shape index (κ2) is 6.08. The van der Waals surface area contributed by atoms with Crippen molar-refractivity contribution in [2.75, 3.05) is 6.61 Å². The molecule has 0 saturated heterocycles. The minimum Gasteiger partial charge on any atom is -0.390 e. The summed E-state index contributed by atoms with van der Waals surface area (Å²) >= 11 is 0. The average Bonchev–Trinajstić information content (AvgIpc) is 2.86. The highest BCUT2D eigenvalue weighted by Crippen LogP contribution is 2.71. The van der Waals surface area contributed by atoms with Gasteiger partial charge in [0.25, 0.3) is 0 Å². The standard InChI is InChI=1S/C23H31FO5/c1-12-7-17-16-8-13(2)23(29,19(28)11-25)21(16,4)10-18(27)22(17,24)20(3)6-5-14(26)9-15(12)20/h5-6,9,12-13,16-18,25,27,29H,7-8,10-11H2,1-4H3/t12-,13+,16-,17-,18-,20-,21-,22-,23-/m0/s1. The van der Waals surface area contributed by atoms with Gasteiger partial charge < -0.3 is 15.3 Å². The molecule has 0 aliphatic heterocycles. The molecule has 3 fully saturated rings. The fourth-order valence-electron chi connectivity index (χ4n) is 7.65. The van der Waals surface area contributed by atoms with E-state index in [1.165, 1.54) is 12.2 Å². The zero-order chi connectivity index (χ0) is 21.6. The Balaban J connectivity index is 1.87. The number of carbonyl (C=O) groups is 2. The Morgan fingerprint density at radius 1 is 1.24 bits per heavy atom. The van der Waals surface area contributed by atoms with Crippen LogP contribution in [-0.4, -0.2) is 50.9 Å². The van der Waals surface area contributed by atoms with Crippen LogP contribution in [0, 0.1) is 34.5 Å². The SMILES string of the molecule is C[C@@H]1C[C@H]2[C@@H]3C[C@H](C)C4=CC(=O)C=C[C@]4(C)[C@@]3(F)[C@@H](O)C[C@]2(C)[C@@]1(O)C(=O)CO. The quantitative estimate of drug-likeness (QED) is 0.653. The first-order valence-electron chi connectivity index (χ1n) is 10.6. The van der Waals surface area contributed by atoms with Gasteiger partial charge in [0.15, 0.2) is 17.2 Å². The number of alkyl halides is 1. The maximum Gasteiger partial charge on any atom is 0.190 e. The Morgan fingerprint density at radius 2 is 1.90 bits per heavy atom. The number of hydrogen-bond donors (Lipinski definition) is 3. The molecule has 4 aliphatic carbocycles. The minimum absolute atomic E-state index is 0.0603. The zero-order valence-electron chi connectivity index (χ0n) is 17.5. The van der Waals surface area contributed by atoms with E-state index in [4.69, 9.17) is 0 Å². The van der Waals surface area contributed by atoms with Gasteiger partial charge in [0.05, 0.1) is 6.10 Å². The molecular formula is C23H31FO5. The first-order chi connectivity index (χ1) is 13.4. The number of Topliss-reactive ketones (excluding diaryl/α,β-unsaturated/α-hetero) is 1. The molecule has 0 radical (unpaired) electrons. The Hall–Kier alpha value is -1.37. The van der Waals surface area contributed by atoms with Crippen molar-refractivity contribution in [3.63, 3.8) is 0 Å². The number of carbonyl (C=O) groups excluding carboxylic acids is 2. The summed E-state index contributed by atoms with van der Waals surface area (Å²) in [4.78, 5) is 24.6. The van der Waals surface area contributed by atoms with Gasteiger partial charge in [0.1, 0.15) is 12.2 Å². The number of fused-ring (bicyclic) bond motifs is 5. The molecule has 5 nitrogen and oxygen atoms in total. The van der Waals surface area contributed by atoms with Crippen molar-refractivity contribution < 1.29 is 29.3 Å². The molecule has 160 valence electrons. The first-order valence-corrected chi connectivity index (χ1v) is 10.6. The van der Waals surface area contributed by atoms with Gasteiger partial charge in [-0.05, 0) is 56.1 Å². The zero-order valence-corrected chi connectivity index (χ0v) is 17.5. The Bertz CT molecular complexity index is 835. The second-order valence-electron chi connectivity index (χ2n) is 10.3. The predicted molar refractivity (Wildman–Crippen MR) is 104 cm³/mol. The molecule has 0 unspecified atom stereocenters. The predicted octanol–water partition coefficient (Wildman–Crippen LogP) is 2.14. The fraction of sp³-hybridized carbons (Fsp3) is 0.739. The number of hydrogen-bond acceptors (Lipinski definition) is 5. The van der Waals surface area contributed by atoms with E-state index in [2.05, 4.69) is 0 Å². The van der Waals surface area contributed by atoms with Gasteiger partial charge >= 0.3 is 0 Å². The van der Waals surface area contributed by atoms with Crippen LogP contribution in [0.4, 0.5) is 4.39 Å². The van der Waals surface area contributed by atoms with E-state index < -0.39 is 52.4 Å². The Kier molecular flexibility index (Phi) is 4.38. The van der Waals surface area contributed by atoms with Crippen LogP contribution < -0.4 is 0 Å². The maximum absolute atomic E-state index is 17.0. The lowest BCUT2D eigenvalue weighted by molar-refractivity contribution is -0.223. The van der Waals surface area contributed by atoms with Crippen molar-refractivity contribution in [1.82, 2.24) is 0 Å². The third-order valence-electron chi connectivity index (χ3n) is 9.12. The molecule has 0 heterocycles. The fourth-order valence-corrected chi connectivity index (χ4v) is 7.65. The van der Waals surface area contributed by atoms with Crippen molar-refractivity contribution >= 4 is 11.6 Å². The van der Waals surface area contributed by atoms with Crippen molar-refractivity contribution in [2.24, 2.45) is 34.5 Å². The number of halogens is 1. The van der Waals surface area contributed by atoms with Crippen LogP contribution in [0.15, 0.2) is 23.8 Å². The van der Waals surface area contributed by atoms with Crippen LogP contribution in [0.2, 0.25) is 0 Å². The number of aliphatic hydroxyl groups excluding tert-OH is 2. The molecule has 4 aliphatic rings. The lowest BCUT2D eigenvalue weighted by atomic mass is 9.43. The molecule has 29 heavy (non-hydrogen) atoms. The third-order valence-corrected chi connectivity index (χ3v) is 9.12. The van der Waals surface area contributed by atoms with Gasteiger partial charge in [0, 0.05) is 16.7 Å². The first kappa shape index (κ1) is 20.9. The highest BCUT2D eigenvalue weighted by Gasteiger charge is 2.76. The normalized spacial score (nSPS) is 53.7. The van der Waals surface area contributed by atoms with E-state index in [1.807, 2.05) is 6.92 Å². The second-order valence-corrected chi connectivity index (χ2v) is 10.3. The van der Waals surface area contributed by atoms with E-state index in [0.29, 0.717) is 18.4 Å². The molecule has 0 aromatic carbocycles. The molecule has 0 bridgehead atoms. The van der Waals surface area contributed by atoms with Gasteiger partial charge in [0.2, 0.25) is 0 Å². The van der Waals surface area contributed by atoms with E-state index in [1.54, 1.807) is 26.8 Å². The molecule has 3 saturated carbocycles. The summed E-state index contributed by atoms with van der Waals surface area (Å²) in [6.45, 7) is 6.46. The van der Waals surface area contributed by atoms with Gasteiger partial charge in [-0.15, -0.1) is 0 Å². The third kappa shape index (κ3) is 2.20. The van der Waals surface area contributed by atoms with Crippen LogP contribution in [-0.2, 0) is 9.59 Å². The van der Waals surface area contributed by atoms with Gasteiger partial charge in [-0.3, -0.25) is 9.59 Å². The molecular weight excluding hydrogens is 375 g/mol. The summed E-state index contributed by atoms with van der Waals surface area (Å²) < 4.78 is 17.0. The summed E-state index contributed by atoms with van der Waals surface area (Å²) in [7, 11) is 0. The molecule has 3 N–H and O–H groups in total. The van der Waals surface area contributed by atoms with Gasteiger partial charge in [-0.25, -0.2) is 4.39 Å². The summed E-state index contributed by atoms with van der Waals surface area (Å²) in [5, 5.41) is 32.2. The summed E-state index contributed by atoms with van der Waals surface area (Å²) in [6.07, 6.45) is 3.89. The summed E-state index contributed by atoms with van der Waals surface area (Å²) in [6, 6.07) is 0. The lowest BCUT2D eigenvalue weighted by Gasteiger charge is -2.63. The maximum atomic E-state index is 17.0. The topological polar surface area (TPSA) is 94.8 Å². The molecule has 9 atom stereocenters. The van der Waals surface area contributed by atoms with Crippen LogP contribution in [0.3, 0.4) is 0 Å². The average molecular weight is 406 g/mol. The molecule has 0 spiro atoms. The summed E-state index contributed by atoms with van der Waals surface area (Å²) in [5.41, 5.74) is -5.24. The highest BCUT2D eigenvalue weighted by atomic mass is 19.1. The van der Waals surface area contributed by atoms with Gasteiger partial charge in [-0.2, -0.15) is 0 Å². The van der Waals surface area contributed by atoms with Crippen LogP contribution in [0.25, 0.3) is 0 Å². The largest absolute Gasteiger partial charge is 0.390 e. The van der Waals surface area contributed by atoms with Crippen LogP contribution in [0.1, 0.15) is 47.0 Å². The molecule has 0 aromatic heterocycles. The van der Waals surface area contributed by atoms with Gasteiger partial charge in [-0.1, -0.05) is 32.4 Å². The molecule has 6 heteroatoms. The monoisotopic (exact) mass is 406 g/mol. The number of allylic oxidation sites excluding steroid dienone is 4. The Labute approximate surface area is 170 Å². The van der Waals surface area contributed by atoms with E-state index in [-0.39, 0.29) is 24.0 Å². The van der Waals surface area contributed by atoms with Crippen molar-refractivity contribution in [2.45, 2.75) is 64.3 Å². The number of aliphatic hydroxyl groups is 3. The van der Waals surface area contributed by atoms with Crippen LogP contribution >= 0.6 is 0 Å². The highest BCUT2D eigenvalue weighted by molar-refractivity contribution is 6.01. The van der Waals surface area contributed by atoms with Crippen molar-refractivity contribution in [3.05, 3.63) is 23.8 Å². The van der Waals surface area contributed by atoms with E-state index in [0.717, 1.165) is 0 Å². The number of ketones is 2. The molecule has 0 amide bonds. The molecule has 0 aromatic rings. The van der Waals surface area contributed by atoms with E-state index in [9.17, 15) is 24.9 Å². The smallest absolute Gasteiger partial charge is 0.190 e. The van der Waals surface area contributed by atoms with E-state index >= 15 is 4.39 Å². The summed E-state index contributed by atoms with van der Waals surface area (Å²) in [5.74, 6) is -2.23. The molecule has 4 rings (SSSR count). The minimum atomic E-state index is -2.00. The van der Waals surface area contributed by atoms with Crippen molar-refractivity contribution in [1.29, 1.82) is 0 Å².